The van der Waals surface area contributed by atoms with Crippen LogP contribution >= 0.6 is 0 Å². The first kappa shape index (κ1) is 7.98. The van der Waals surface area contributed by atoms with E-state index in [1.807, 2.05) is 0 Å². The standard InChI is InChI=1S/C7H16N2O/c1-7-6-10-5-4-9(7)3-2-8/h7H,2-6,8H2,1H3/t7-/m0/s1. The molecule has 0 bridgehead atoms. The minimum atomic E-state index is 0.553. The van der Waals surface area contributed by atoms with Crippen molar-refractivity contribution >= 4 is 0 Å². The number of nitrogens with zero attached hydrogens (tertiary/aromatic N) is 1. The van der Waals surface area contributed by atoms with E-state index in [0.717, 1.165) is 32.8 Å². The van der Waals surface area contributed by atoms with Crippen LogP contribution in [0.2, 0.25) is 0 Å². The quantitative estimate of drug-likeness (QED) is 0.576. The highest BCUT2D eigenvalue weighted by Crippen LogP contribution is 2.03. The van der Waals surface area contributed by atoms with Gasteiger partial charge in [-0.1, -0.05) is 0 Å². The Morgan fingerprint density at radius 2 is 2.50 bits per heavy atom. The van der Waals surface area contributed by atoms with Crippen LogP contribution in [-0.2, 0) is 4.74 Å². The van der Waals surface area contributed by atoms with Crippen LogP contribution < -0.4 is 5.73 Å². The van der Waals surface area contributed by atoms with Gasteiger partial charge in [0.25, 0.3) is 0 Å². The van der Waals surface area contributed by atoms with Crippen LogP contribution in [0.4, 0.5) is 0 Å². The molecule has 0 aromatic rings. The fraction of sp³-hybridized carbons (Fsp3) is 1.00. The van der Waals surface area contributed by atoms with Crippen LogP contribution in [0.25, 0.3) is 0 Å². The molecule has 1 atom stereocenters. The van der Waals surface area contributed by atoms with Gasteiger partial charge in [0, 0.05) is 25.7 Å². The summed E-state index contributed by atoms with van der Waals surface area (Å²) < 4.78 is 5.28. The van der Waals surface area contributed by atoms with Gasteiger partial charge < -0.3 is 10.5 Å². The highest BCUT2D eigenvalue weighted by atomic mass is 16.5. The summed E-state index contributed by atoms with van der Waals surface area (Å²) in [6.07, 6.45) is 0. The average Bonchev–Trinajstić information content (AvgIpc) is 1.94. The van der Waals surface area contributed by atoms with Gasteiger partial charge in [0.05, 0.1) is 13.2 Å². The zero-order valence-corrected chi connectivity index (χ0v) is 6.55. The van der Waals surface area contributed by atoms with E-state index in [4.69, 9.17) is 10.5 Å². The number of rotatable bonds is 2. The van der Waals surface area contributed by atoms with Crippen molar-refractivity contribution in [3.05, 3.63) is 0 Å². The Bertz CT molecular complexity index is 95.6. The summed E-state index contributed by atoms with van der Waals surface area (Å²) in [7, 11) is 0. The van der Waals surface area contributed by atoms with Gasteiger partial charge in [-0.2, -0.15) is 0 Å². The maximum absolute atomic E-state index is 5.44. The van der Waals surface area contributed by atoms with Crippen LogP contribution in [0.15, 0.2) is 0 Å². The second-order valence-corrected chi connectivity index (χ2v) is 2.75. The van der Waals surface area contributed by atoms with Gasteiger partial charge >= 0.3 is 0 Å². The van der Waals surface area contributed by atoms with E-state index >= 15 is 0 Å². The first-order valence-corrected chi connectivity index (χ1v) is 3.86. The number of ether oxygens (including phenoxy) is 1. The summed E-state index contributed by atoms with van der Waals surface area (Å²) in [6, 6.07) is 0.553. The SMILES string of the molecule is C[C@H]1COCCN1CCN. The lowest BCUT2D eigenvalue weighted by Gasteiger charge is -2.32. The molecule has 0 saturated carbocycles. The largest absolute Gasteiger partial charge is 0.379 e. The van der Waals surface area contributed by atoms with Crippen LogP contribution in [0.3, 0.4) is 0 Å². The molecular formula is C7H16N2O. The van der Waals surface area contributed by atoms with Gasteiger partial charge in [0.1, 0.15) is 0 Å². The molecule has 0 aliphatic carbocycles. The summed E-state index contributed by atoms with van der Waals surface area (Å²) in [5, 5.41) is 0. The maximum atomic E-state index is 5.44. The van der Waals surface area contributed by atoms with Gasteiger partial charge in [-0.3, -0.25) is 4.90 Å². The maximum Gasteiger partial charge on any atom is 0.0619 e. The molecule has 0 spiro atoms. The topological polar surface area (TPSA) is 38.5 Å². The summed E-state index contributed by atoms with van der Waals surface area (Å²) in [4.78, 5) is 2.36. The number of hydrogen-bond acceptors (Lipinski definition) is 3. The number of morpholine rings is 1. The smallest absolute Gasteiger partial charge is 0.0619 e. The Hall–Kier alpha value is -0.120. The molecule has 0 radical (unpaired) electrons. The van der Waals surface area contributed by atoms with Crippen molar-refractivity contribution in [1.82, 2.24) is 4.90 Å². The molecule has 0 unspecified atom stereocenters. The first-order valence-electron chi connectivity index (χ1n) is 3.86. The van der Waals surface area contributed by atoms with Crippen LogP contribution in [0.1, 0.15) is 6.92 Å². The summed E-state index contributed by atoms with van der Waals surface area (Å²) >= 11 is 0. The lowest BCUT2D eigenvalue weighted by molar-refractivity contribution is 0.00137. The predicted molar refractivity (Wildman–Crippen MR) is 40.9 cm³/mol. The van der Waals surface area contributed by atoms with E-state index in [0.29, 0.717) is 6.04 Å². The van der Waals surface area contributed by atoms with E-state index in [1.54, 1.807) is 0 Å². The van der Waals surface area contributed by atoms with Gasteiger partial charge in [-0.25, -0.2) is 0 Å². The predicted octanol–water partition coefficient (Wildman–Crippen LogP) is -0.334. The molecule has 3 nitrogen and oxygen atoms in total. The molecule has 1 fully saturated rings. The Morgan fingerprint density at radius 1 is 1.70 bits per heavy atom. The Morgan fingerprint density at radius 3 is 3.10 bits per heavy atom. The lowest BCUT2D eigenvalue weighted by atomic mass is 10.2. The lowest BCUT2D eigenvalue weighted by Crippen LogP contribution is -2.45. The minimum absolute atomic E-state index is 0.553. The highest BCUT2D eigenvalue weighted by molar-refractivity contribution is 4.70. The van der Waals surface area contributed by atoms with Crippen LogP contribution in [-0.4, -0.2) is 43.8 Å². The van der Waals surface area contributed by atoms with Crippen LogP contribution in [0, 0.1) is 0 Å². The van der Waals surface area contributed by atoms with E-state index < -0.39 is 0 Å². The van der Waals surface area contributed by atoms with E-state index in [9.17, 15) is 0 Å². The monoisotopic (exact) mass is 144 g/mol. The summed E-state index contributed by atoms with van der Waals surface area (Å²) in [5.41, 5.74) is 5.44. The third-order valence-electron chi connectivity index (χ3n) is 1.92. The van der Waals surface area contributed by atoms with Gasteiger partial charge in [0.15, 0.2) is 0 Å². The van der Waals surface area contributed by atoms with Gasteiger partial charge in [-0.05, 0) is 6.92 Å². The molecule has 3 heteroatoms. The molecule has 1 aliphatic heterocycles. The van der Waals surface area contributed by atoms with Gasteiger partial charge in [-0.15, -0.1) is 0 Å². The Balaban J connectivity index is 2.25. The second kappa shape index (κ2) is 3.91. The number of hydrogen-bond donors (Lipinski definition) is 1. The summed E-state index contributed by atoms with van der Waals surface area (Å²) in [5.74, 6) is 0. The van der Waals surface area contributed by atoms with Crippen molar-refractivity contribution in [3.63, 3.8) is 0 Å². The second-order valence-electron chi connectivity index (χ2n) is 2.75. The fourth-order valence-corrected chi connectivity index (χ4v) is 1.26. The number of nitrogens with two attached hydrogens (primary N) is 1. The molecular weight excluding hydrogens is 128 g/mol. The van der Waals surface area contributed by atoms with E-state index in [2.05, 4.69) is 11.8 Å². The third-order valence-corrected chi connectivity index (χ3v) is 1.92. The normalized spacial score (nSPS) is 28.8. The molecule has 2 N–H and O–H groups in total. The van der Waals surface area contributed by atoms with E-state index in [-0.39, 0.29) is 0 Å². The zero-order chi connectivity index (χ0) is 7.40. The van der Waals surface area contributed by atoms with Crippen molar-refractivity contribution in [3.8, 4) is 0 Å². The molecule has 1 heterocycles. The Labute approximate surface area is 62.1 Å². The molecule has 0 aromatic carbocycles. The molecule has 1 rings (SSSR count). The zero-order valence-electron chi connectivity index (χ0n) is 6.55. The fourth-order valence-electron chi connectivity index (χ4n) is 1.26. The molecule has 60 valence electrons. The van der Waals surface area contributed by atoms with Crippen molar-refractivity contribution in [2.45, 2.75) is 13.0 Å². The third kappa shape index (κ3) is 1.94. The molecule has 10 heavy (non-hydrogen) atoms. The molecule has 1 aliphatic rings. The molecule has 0 aromatic heterocycles. The van der Waals surface area contributed by atoms with E-state index in [1.165, 1.54) is 0 Å². The minimum Gasteiger partial charge on any atom is -0.379 e. The van der Waals surface area contributed by atoms with Crippen molar-refractivity contribution < 1.29 is 4.74 Å². The van der Waals surface area contributed by atoms with Crippen molar-refractivity contribution in [1.29, 1.82) is 0 Å². The van der Waals surface area contributed by atoms with Crippen molar-refractivity contribution in [2.75, 3.05) is 32.8 Å². The first-order chi connectivity index (χ1) is 4.84. The average molecular weight is 144 g/mol. The molecule has 0 amide bonds. The van der Waals surface area contributed by atoms with Gasteiger partial charge in [0.2, 0.25) is 0 Å². The Kier molecular flexibility index (Phi) is 3.12. The summed E-state index contributed by atoms with van der Waals surface area (Å²) in [6.45, 7) is 6.70. The van der Waals surface area contributed by atoms with Crippen LogP contribution in [0.5, 0.6) is 0 Å². The highest BCUT2D eigenvalue weighted by Gasteiger charge is 2.16. The van der Waals surface area contributed by atoms with Crippen molar-refractivity contribution in [2.24, 2.45) is 5.73 Å². The molecule has 1 saturated heterocycles.